The SMILES string of the molecule is O=C(Nc1ccc(-c2csc(-c3ccccc3)n2)cc1)c1ccc(F)cc1. The number of aromatic nitrogens is 1. The van der Waals surface area contributed by atoms with E-state index in [1.807, 2.05) is 60.0 Å². The van der Waals surface area contributed by atoms with Crippen molar-refractivity contribution in [1.82, 2.24) is 4.98 Å². The molecule has 4 aromatic rings. The van der Waals surface area contributed by atoms with E-state index in [0.717, 1.165) is 21.8 Å². The van der Waals surface area contributed by atoms with Crippen LogP contribution in [0.4, 0.5) is 10.1 Å². The molecule has 0 unspecified atom stereocenters. The smallest absolute Gasteiger partial charge is 0.255 e. The Morgan fingerprint density at radius 1 is 0.852 bits per heavy atom. The zero-order valence-corrected chi connectivity index (χ0v) is 15.0. The Labute approximate surface area is 160 Å². The van der Waals surface area contributed by atoms with Crippen LogP contribution < -0.4 is 5.32 Å². The van der Waals surface area contributed by atoms with Crippen LogP contribution in [0.5, 0.6) is 0 Å². The second kappa shape index (κ2) is 7.51. The molecule has 0 aliphatic carbocycles. The predicted octanol–water partition coefficient (Wildman–Crippen LogP) is 5.87. The highest BCUT2D eigenvalue weighted by atomic mass is 32.1. The molecule has 1 amide bonds. The minimum atomic E-state index is -0.367. The van der Waals surface area contributed by atoms with E-state index in [4.69, 9.17) is 4.98 Å². The zero-order chi connectivity index (χ0) is 18.6. The molecule has 27 heavy (non-hydrogen) atoms. The summed E-state index contributed by atoms with van der Waals surface area (Å²) in [6.45, 7) is 0. The predicted molar refractivity (Wildman–Crippen MR) is 107 cm³/mol. The van der Waals surface area contributed by atoms with Crippen LogP contribution in [-0.2, 0) is 0 Å². The molecule has 5 heteroatoms. The van der Waals surface area contributed by atoms with Gasteiger partial charge in [-0.1, -0.05) is 42.5 Å². The number of rotatable bonds is 4. The van der Waals surface area contributed by atoms with Crippen LogP contribution in [0.1, 0.15) is 10.4 Å². The van der Waals surface area contributed by atoms with Gasteiger partial charge in [0, 0.05) is 27.8 Å². The van der Waals surface area contributed by atoms with Crippen molar-refractivity contribution in [2.45, 2.75) is 0 Å². The summed E-state index contributed by atoms with van der Waals surface area (Å²) in [5, 5.41) is 5.80. The van der Waals surface area contributed by atoms with Gasteiger partial charge in [0.05, 0.1) is 5.69 Å². The van der Waals surface area contributed by atoms with E-state index < -0.39 is 0 Å². The molecule has 4 rings (SSSR count). The minimum absolute atomic E-state index is 0.275. The number of benzene rings is 3. The molecule has 132 valence electrons. The minimum Gasteiger partial charge on any atom is -0.322 e. The number of thiazole rings is 1. The molecule has 1 aromatic heterocycles. The van der Waals surface area contributed by atoms with Crippen LogP contribution in [-0.4, -0.2) is 10.9 Å². The van der Waals surface area contributed by atoms with Crippen LogP contribution in [0.3, 0.4) is 0 Å². The Bertz CT molecular complexity index is 1060. The summed E-state index contributed by atoms with van der Waals surface area (Å²) in [4.78, 5) is 16.9. The molecular formula is C22H15FN2OS. The van der Waals surface area contributed by atoms with Gasteiger partial charge in [-0.05, 0) is 36.4 Å². The largest absolute Gasteiger partial charge is 0.322 e. The lowest BCUT2D eigenvalue weighted by Crippen LogP contribution is -2.11. The van der Waals surface area contributed by atoms with E-state index >= 15 is 0 Å². The van der Waals surface area contributed by atoms with E-state index in [2.05, 4.69) is 5.32 Å². The summed E-state index contributed by atoms with van der Waals surface area (Å²) in [6.07, 6.45) is 0. The monoisotopic (exact) mass is 374 g/mol. The van der Waals surface area contributed by atoms with E-state index in [1.54, 1.807) is 11.3 Å². The molecule has 0 aliphatic rings. The quantitative estimate of drug-likeness (QED) is 0.485. The molecule has 1 N–H and O–H groups in total. The third-order valence-electron chi connectivity index (χ3n) is 4.07. The van der Waals surface area contributed by atoms with Crippen molar-refractivity contribution in [2.75, 3.05) is 5.32 Å². The fourth-order valence-corrected chi connectivity index (χ4v) is 3.48. The maximum Gasteiger partial charge on any atom is 0.255 e. The second-order valence-corrected chi connectivity index (χ2v) is 6.80. The van der Waals surface area contributed by atoms with Crippen LogP contribution in [0.2, 0.25) is 0 Å². The summed E-state index contributed by atoms with van der Waals surface area (Å²) >= 11 is 1.60. The van der Waals surface area contributed by atoms with Gasteiger partial charge in [0.15, 0.2) is 0 Å². The summed E-state index contributed by atoms with van der Waals surface area (Å²) in [6, 6.07) is 23.0. The van der Waals surface area contributed by atoms with E-state index in [0.29, 0.717) is 11.3 Å². The van der Waals surface area contributed by atoms with Gasteiger partial charge in [-0.25, -0.2) is 9.37 Å². The molecule has 0 saturated carbocycles. The maximum atomic E-state index is 13.0. The first-order valence-electron chi connectivity index (χ1n) is 8.37. The molecule has 0 aliphatic heterocycles. The van der Waals surface area contributed by atoms with E-state index in [9.17, 15) is 9.18 Å². The third-order valence-corrected chi connectivity index (χ3v) is 4.96. The molecule has 0 saturated heterocycles. The van der Waals surface area contributed by atoms with Gasteiger partial charge >= 0.3 is 0 Å². The highest BCUT2D eigenvalue weighted by Crippen LogP contribution is 2.29. The first-order valence-corrected chi connectivity index (χ1v) is 9.25. The summed E-state index contributed by atoms with van der Waals surface area (Å²) in [5.74, 6) is -0.642. The van der Waals surface area contributed by atoms with Gasteiger partial charge in [-0.3, -0.25) is 4.79 Å². The lowest BCUT2D eigenvalue weighted by molar-refractivity contribution is 0.102. The lowest BCUT2D eigenvalue weighted by atomic mass is 10.1. The van der Waals surface area contributed by atoms with Crippen LogP contribution in [0.15, 0.2) is 84.2 Å². The average Bonchev–Trinajstić information content (AvgIpc) is 3.20. The van der Waals surface area contributed by atoms with Crippen molar-refractivity contribution in [3.05, 3.63) is 95.6 Å². The van der Waals surface area contributed by atoms with Crippen LogP contribution in [0.25, 0.3) is 21.8 Å². The van der Waals surface area contributed by atoms with Crippen LogP contribution in [0, 0.1) is 5.82 Å². The lowest BCUT2D eigenvalue weighted by Gasteiger charge is -2.06. The number of nitrogens with one attached hydrogen (secondary N) is 1. The molecule has 0 spiro atoms. The number of amides is 1. The molecule has 0 radical (unpaired) electrons. The number of halogens is 1. The number of hydrogen-bond acceptors (Lipinski definition) is 3. The molecule has 0 atom stereocenters. The highest BCUT2D eigenvalue weighted by Gasteiger charge is 2.08. The fourth-order valence-electron chi connectivity index (χ4n) is 2.65. The Morgan fingerprint density at radius 2 is 1.56 bits per heavy atom. The fraction of sp³-hybridized carbons (Fsp3) is 0. The number of hydrogen-bond donors (Lipinski definition) is 1. The zero-order valence-electron chi connectivity index (χ0n) is 14.2. The van der Waals surface area contributed by atoms with Gasteiger partial charge in [-0.15, -0.1) is 11.3 Å². The van der Waals surface area contributed by atoms with Gasteiger partial charge in [-0.2, -0.15) is 0 Å². The Hall–Kier alpha value is -3.31. The van der Waals surface area contributed by atoms with Crippen molar-refractivity contribution in [1.29, 1.82) is 0 Å². The van der Waals surface area contributed by atoms with Crippen molar-refractivity contribution < 1.29 is 9.18 Å². The topological polar surface area (TPSA) is 42.0 Å². The van der Waals surface area contributed by atoms with E-state index in [1.165, 1.54) is 24.3 Å². The standard InChI is InChI=1S/C22H15FN2OS/c23-18-10-6-16(7-11-18)21(26)24-19-12-8-15(9-13-19)20-14-27-22(25-20)17-4-2-1-3-5-17/h1-14H,(H,24,26). The maximum absolute atomic E-state index is 13.0. The first kappa shape index (κ1) is 17.1. The van der Waals surface area contributed by atoms with Gasteiger partial charge in [0.2, 0.25) is 0 Å². The number of nitrogens with zero attached hydrogens (tertiary/aromatic N) is 1. The first-order chi connectivity index (χ1) is 13.2. The van der Waals surface area contributed by atoms with Crippen LogP contribution >= 0.6 is 11.3 Å². The molecule has 1 heterocycles. The normalized spacial score (nSPS) is 10.6. The number of anilines is 1. The third kappa shape index (κ3) is 3.93. The summed E-state index contributed by atoms with van der Waals surface area (Å²) in [7, 11) is 0. The highest BCUT2D eigenvalue weighted by molar-refractivity contribution is 7.13. The molecule has 3 aromatic carbocycles. The Morgan fingerprint density at radius 3 is 2.26 bits per heavy atom. The number of carbonyl (C=O) groups excluding carboxylic acids is 1. The van der Waals surface area contributed by atoms with Crippen molar-refractivity contribution in [3.8, 4) is 21.8 Å². The number of carbonyl (C=O) groups is 1. The molecule has 3 nitrogen and oxygen atoms in total. The average molecular weight is 374 g/mol. The second-order valence-electron chi connectivity index (χ2n) is 5.94. The van der Waals surface area contributed by atoms with Gasteiger partial charge in [0.1, 0.15) is 10.8 Å². The van der Waals surface area contributed by atoms with Gasteiger partial charge in [0.25, 0.3) is 5.91 Å². The van der Waals surface area contributed by atoms with Crippen molar-refractivity contribution in [3.63, 3.8) is 0 Å². The van der Waals surface area contributed by atoms with E-state index in [-0.39, 0.29) is 11.7 Å². The molecule has 0 fully saturated rings. The summed E-state index contributed by atoms with van der Waals surface area (Å²) in [5.41, 5.74) is 4.06. The molecular weight excluding hydrogens is 359 g/mol. The van der Waals surface area contributed by atoms with Crippen molar-refractivity contribution in [2.24, 2.45) is 0 Å². The van der Waals surface area contributed by atoms with Gasteiger partial charge < -0.3 is 5.32 Å². The summed E-state index contributed by atoms with van der Waals surface area (Å²) < 4.78 is 13.0. The Balaban J connectivity index is 1.48. The molecule has 0 bridgehead atoms. The Kier molecular flexibility index (Phi) is 4.77. The van der Waals surface area contributed by atoms with Crippen molar-refractivity contribution >= 4 is 22.9 Å².